The van der Waals surface area contributed by atoms with Crippen molar-refractivity contribution in [1.82, 2.24) is 15.0 Å². The predicted molar refractivity (Wildman–Crippen MR) is 64.7 cm³/mol. The number of rotatable bonds is 2. The van der Waals surface area contributed by atoms with E-state index in [9.17, 15) is 5.11 Å². The van der Waals surface area contributed by atoms with E-state index < -0.39 is 6.10 Å². The van der Waals surface area contributed by atoms with Crippen LogP contribution in [0.15, 0.2) is 28.9 Å². The van der Waals surface area contributed by atoms with Crippen molar-refractivity contribution in [2.24, 2.45) is 0 Å². The largest absolute Gasteiger partial charge is 0.387 e. The summed E-state index contributed by atoms with van der Waals surface area (Å²) in [7, 11) is 0. The average molecular weight is 303 g/mol. The van der Waals surface area contributed by atoms with E-state index >= 15 is 0 Å². The van der Waals surface area contributed by atoms with Gasteiger partial charge < -0.3 is 5.11 Å². The van der Waals surface area contributed by atoms with E-state index in [0.717, 1.165) is 10.2 Å². The van der Waals surface area contributed by atoms with Gasteiger partial charge in [0.05, 0.1) is 27.5 Å². The lowest BCUT2D eigenvalue weighted by molar-refractivity contribution is 0.194. The van der Waals surface area contributed by atoms with E-state index in [-0.39, 0.29) is 0 Å². The highest BCUT2D eigenvalue weighted by atomic mass is 79.9. The van der Waals surface area contributed by atoms with Crippen LogP contribution in [0.4, 0.5) is 0 Å². The van der Waals surface area contributed by atoms with Crippen molar-refractivity contribution in [3.8, 4) is 5.69 Å². The molecule has 0 aliphatic carbocycles. The van der Waals surface area contributed by atoms with Crippen molar-refractivity contribution in [3.63, 3.8) is 0 Å². The number of aliphatic hydroxyl groups excluding tert-OH is 1. The van der Waals surface area contributed by atoms with Crippen LogP contribution in [-0.4, -0.2) is 20.1 Å². The third kappa shape index (κ3) is 2.11. The number of nitrogens with zero attached hydrogens (tertiary/aromatic N) is 3. The number of aliphatic hydroxyl groups is 1. The summed E-state index contributed by atoms with van der Waals surface area (Å²) in [6.07, 6.45) is 1.04. The monoisotopic (exact) mass is 301 g/mol. The van der Waals surface area contributed by atoms with E-state index in [4.69, 9.17) is 11.6 Å². The van der Waals surface area contributed by atoms with Gasteiger partial charge in [-0.05, 0) is 35.0 Å². The molecule has 0 saturated heterocycles. The number of aromatic nitrogens is 3. The van der Waals surface area contributed by atoms with Crippen molar-refractivity contribution < 1.29 is 5.11 Å². The molecule has 4 nitrogen and oxygen atoms in total. The van der Waals surface area contributed by atoms with Gasteiger partial charge in [0.1, 0.15) is 5.69 Å². The second-order valence-electron chi connectivity index (χ2n) is 3.34. The van der Waals surface area contributed by atoms with Gasteiger partial charge in [0.2, 0.25) is 0 Å². The average Bonchev–Trinajstić information content (AvgIpc) is 2.71. The minimum absolute atomic E-state index is 0.520. The van der Waals surface area contributed by atoms with Gasteiger partial charge in [-0.2, -0.15) is 0 Å². The molecule has 1 unspecified atom stereocenters. The van der Waals surface area contributed by atoms with Crippen LogP contribution in [-0.2, 0) is 0 Å². The van der Waals surface area contributed by atoms with Crippen LogP contribution in [0.3, 0.4) is 0 Å². The molecule has 1 aromatic carbocycles. The molecule has 2 aromatic rings. The number of hydrogen-bond acceptors (Lipinski definition) is 3. The first-order valence-electron chi connectivity index (χ1n) is 4.64. The summed E-state index contributed by atoms with van der Waals surface area (Å²) in [5, 5.41) is 17.7. The summed E-state index contributed by atoms with van der Waals surface area (Å²) in [5.74, 6) is 0. The van der Waals surface area contributed by atoms with E-state index in [1.807, 2.05) is 12.1 Å². The van der Waals surface area contributed by atoms with Crippen LogP contribution in [0.2, 0.25) is 5.02 Å². The molecule has 0 fully saturated rings. The number of benzene rings is 1. The zero-order valence-corrected chi connectivity index (χ0v) is 10.8. The van der Waals surface area contributed by atoms with Gasteiger partial charge >= 0.3 is 0 Å². The predicted octanol–water partition coefficient (Wildman–Crippen LogP) is 2.74. The highest BCUT2D eigenvalue weighted by Crippen LogP contribution is 2.28. The maximum absolute atomic E-state index is 9.35. The Morgan fingerprint density at radius 1 is 1.50 bits per heavy atom. The highest BCUT2D eigenvalue weighted by molar-refractivity contribution is 9.10. The van der Waals surface area contributed by atoms with Gasteiger partial charge in [-0.15, -0.1) is 5.10 Å². The fraction of sp³-hybridized carbons (Fsp3) is 0.200. The van der Waals surface area contributed by atoms with Crippen LogP contribution < -0.4 is 0 Å². The molecule has 0 radical (unpaired) electrons. The van der Waals surface area contributed by atoms with Crippen LogP contribution in [0.5, 0.6) is 0 Å². The fourth-order valence-corrected chi connectivity index (χ4v) is 1.87. The molecule has 0 bridgehead atoms. The highest BCUT2D eigenvalue weighted by Gasteiger charge is 2.10. The first kappa shape index (κ1) is 11.6. The van der Waals surface area contributed by atoms with E-state index in [1.165, 1.54) is 0 Å². The molecule has 84 valence electrons. The second-order valence-corrected chi connectivity index (χ2v) is 4.54. The minimum Gasteiger partial charge on any atom is -0.387 e. The summed E-state index contributed by atoms with van der Waals surface area (Å²) in [5.41, 5.74) is 1.30. The lowest BCUT2D eigenvalue weighted by atomic mass is 10.3. The molecule has 0 amide bonds. The molecule has 0 spiro atoms. The number of hydrogen-bond donors (Lipinski definition) is 1. The maximum Gasteiger partial charge on any atom is 0.111 e. The van der Waals surface area contributed by atoms with Crippen molar-refractivity contribution in [2.75, 3.05) is 0 Å². The first-order chi connectivity index (χ1) is 7.59. The van der Waals surface area contributed by atoms with Crippen LogP contribution in [0.1, 0.15) is 18.7 Å². The second kappa shape index (κ2) is 4.53. The topological polar surface area (TPSA) is 50.9 Å². The van der Waals surface area contributed by atoms with E-state index in [2.05, 4.69) is 26.2 Å². The Hall–Kier alpha value is -0.910. The molecule has 1 N–H and O–H groups in total. The zero-order valence-electron chi connectivity index (χ0n) is 8.43. The minimum atomic E-state index is -0.633. The van der Waals surface area contributed by atoms with Gasteiger partial charge in [0.25, 0.3) is 0 Å². The Morgan fingerprint density at radius 2 is 2.25 bits per heavy atom. The normalized spacial score (nSPS) is 12.8. The van der Waals surface area contributed by atoms with Gasteiger partial charge in [-0.25, -0.2) is 4.68 Å². The Balaban J connectivity index is 2.47. The van der Waals surface area contributed by atoms with Gasteiger partial charge in [-0.3, -0.25) is 0 Å². The van der Waals surface area contributed by atoms with Crippen LogP contribution >= 0.6 is 27.5 Å². The quantitative estimate of drug-likeness (QED) is 0.928. The lowest BCUT2D eigenvalue weighted by Crippen LogP contribution is -1.96. The molecule has 1 heterocycles. The molecule has 0 aliphatic heterocycles. The maximum atomic E-state index is 9.35. The summed E-state index contributed by atoms with van der Waals surface area (Å²) < 4.78 is 2.32. The van der Waals surface area contributed by atoms with Gasteiger partial charge in [0, 0.05) is 0 Å². The molecule has 1 aromatic heterocycles. The fourth-order valence-electron chi connectivity index (χ4n) is 1.26. The number of halogens is 2. The van der Waals surface area contributed by atoms with Crippen molar-refractivity contribution in [1.29, 1.82) is 0 Å². The molecule has 1 atom stereocenters. The summed E-state index contributed by atoms with van der Waals surface area (Å²) in [4.78, 5) is 0. The Kier molecular flexibility index (Phi) is 3.28. The summed E-state index contributed by atoms with van der Waals surface area (Å²) >= 11 is 9.36. The third-order valence-corrected chi connectivity index (χ3v) is 3.49. The SMILES string of the molecule is CC(O)c1cn(-c2cccc(Cl)c2Br)nn1. The Bertz CT molecular complexity index is 513. The van der Waals surface area contributed by atoms with Crippen LogP contribution in [0, 0.1) is 0 Å². The van der Waals surface area contributed by atoms with E-state index in [0.29, 0.717) is 10.7 Å². The molecular formula is C10H9BrClN3O. The van der Waals surface area contributed by atoms with Crippen molar-refractivity contribution in [3.05, 3.63) is 39.6 Å². The Morgan fingerprint density at radius 3 is 2.88 bits per heavy atom. The van der Waals surface area contributed by atoms with Gasteiger partial charge in [0.15, 0.2) is 0 Å². The molecule has 0 saturated carbocycles. The molecule has 2 rings (SSSR count). The molecule has 16 heavy (non-hydrogen) atoms. The Labute approximate surface area is 106 Å². The standard InChI is InChI=1S/C10H9BrClN3O/c1-6(16)8-5-15(14-13-8)9-4-2-3-7(12)10(9)11/h2-6,16H,1H3. The lowest BCUT2D eigenvalue weighted by Gasteiger charge is -2.04. The molecular weight excluding hydrogens is 293 g/mol. The molecule has 0 aliphatic rings. The van der Waals surface area contributed by atoms with Crippen molar-refractivity contribution in [2.45, 2.75) is 13.0 Å². The van der Waals surface area contributed by atoms with E-state index in [1.54, 1.807) is 23.9 Å². The van der Waals surface area contributed by atoms with Gasteiger partial charge in [-0.1, -0.05) is 22.9 Å². The summed E-state index contributed by atoms with van der Waals surface area (Å²) in [6.45, 7) is 1.64. The smallest absolute Gasteiger partial charge is 0.111 e. The van der Waals surface area contributed by atoms with Crippen molar-refractivity contribution >= 4 is 27.5 Å². The molecule has 6 heteroatoms. The zero-order chi connectivity index (χ0) is 11.7. The summed E-state index contributed by atoms with van der Waals surface area (Å²) in [6, 6.07) is 5.46. The third-order valence-electron chi connectivity index (χ3n) is 2.12. The first-order valence-corrected chi connectivity index (χ1v) is 5.81. The van der Waals surface area contributed by atoms with Crippen LogP contribution in [0.25, 0.3) is 5.69 Å².